The van der Waals surface area contributed by atoms with Gasteiger partial charge in [0.05, 0.1) is 0 Å². The standard InChI is InChI=1S/C17H20N2S2/c1-12(11-13-7-4-3-5-8-13)19-14-9-6-10-15(21-2)16(14)17(18)20/h3-10,12,19H,11H2,1-2H3,(H2,18,20). The predicted octanol–water partition coefficient (Wildman–Crippen LogP) is 4.09. The van der Waals surface area contributed by atoms with Gasteiger partial charge in [0, 0.05) is 22.2 Å². The molecule has 1 atom stereocenters. The average Bonchev–Trinajstić information content (AvgIpc) is 2.47. The molecular weight excluding hydrogens is 296 g/mol. The van der Waals surface area contributed by atoms with Crippen LogP contribution in [0.5, 0.6) is 0 Å². The molecule has 2 rings (SSSR count). The quantitative estimate of drug-likeness (QED) is 0.622. The van der Waals surface area contributed by atoms with Gasteiger partial charge in [-0.05, 0) is 37.3 Å². The van der Waals surface area contributed by atoms with Gasteiger partial charge >= 0.3 is 0 Å². The van der Waals surface area contributed by atoms with Crippen molar-refractivity contribution in [2.45, 2.75) is 24.3 Å². The number of nitrogens with two attached hydrogens (primary N) is 1. The van der Waals surface area contributed by atoms with E-state index in [-0.39, 0.29) is 0 Å². The van der Waals surface area contributed by atoms with E-state index in [0.717, 1.165) is 22.6 Å². The zero-order valence-corrected chi connectivity index (χ0v) is 13.9. The summed E-state index contributed by atoms with van der Waals surface area (Å²) in [6.45, 7) is 2.17. The minimum Gasteiger partial charge on any atom is -0.389 e. The third-order valence-corrected chi connectivity index (χ3v) is 4.26. The number of rotatable bonds is 6. The van der Waals surface area contributed by atoms with Gasteiger partial charge in [-0.15, -0.1) is 11.8 Å². The highest BCUT2D eigenvalue weighted by atomic mass is 32.2. The van der Waals surface area contributed by atoms with Crippen LogP contribution in [0.15, 0.2) is 53.4 Å². The zero-order chi connectivity index (χ0) is 15.2. The Balaban J connectivity index is 2.17. The lowest BCUT2D eigenvalue weighted by molar-refractivity contribution is 0.789. The molecule has 0 aromatic heterocycles. The fraction of sp³-hybridized carbons (Fsp3) is 0.235. The molecule has 0 aliphatic rings. The van der Waals surface area contributed by atoms with E-state index in [4.69, 9.17) is 18.0 Å². The molecule has 2 aromatic rings. The molecule has 0 fully saturated rings. The topological polar surface area (TPSA) is 38.0 Å². The van der Waals surface area contributed by atoms with E-state index in [0.29, 0.717) is 11.0 Å². The highest BCUT2D eigenvalue weighted by molar-refractivity contribution is 7.98. The molecule has 4 heteroatoms. The van der Waals surface area contributed by atoms with Crippen molar-refractivity contribution in [3.63, 3.8) is 0 Å². The maximum atomic E-state index is 5.90. The monoisotopic (exact) mass is 316 g/mol. The Morgan fingerprint density at radius 1 is 1.19 bits per heavy atom. The summed E-state index contributed by atoms with van der Waals surface area (Å²) in [5, 5.41) is 3.53. The van der Waals surface area contributed by atoms with E-state index < -0.39 is 0 Å². The molecular formula is C17H20N2S2. The summed E-state index contributed by atoms with van der Waals surface area (Å²) in [4.78, 5) is 1.55. The zero-order valence-electron chi connectivity index (χ0n) is 12.3. The first-order valence-corrected chi connectivity index (χ1v) is 8.52. The Labute approximate surface area is 136 Å². The summed E-state index contributed by atoms with van der Waals surface area (Å²) < 4.78 is 0. The van der Waals surface area contributed by atoms with Gasteiger partial charge in [0.1, 0.15) is 4.99 Å². The number of nitrogens with one attached hydrogen (secondary N) is 1. The van der Waals surface area contributed by atoms with E-state index in [1.807, 2.05) is 30.5 Å². The van der Waals surface area contributed by atoms with E-state index in [1.54, 1.807) is 11.8 Å². The molecule has 2 nitrogen and oxygen atoms in total. The smallest absolute Gasteiger partial charge is 0.107 e. The summed E-state index contributed by atoms with van der Waals surface area (Å²) in [5.74, 6) is 0. The van der Waals surface area contributed by atoms with Gasteiger partial charge in [-0.25, -0.2) is 0 Å². The Bertz CT molecular complexity index is 611. The number of anilines is 1. The number of benzene rings is 2. The first-order chi connectivity index (χ1) is 10.1. The highest BCUT2D eigenvalue weighted by Crippen LogP contribution is 2.27. The van der Waals surface area contributed by atoms with Crippen LogP contribution in [-0.4, -0.2) is 17.3 Å². The van der Waals surface area contributed by atoms with Crippen LogP contribution < -0.4 is 11.1 Å². The largest absolute Gasteiger partial charge is 0.389 e. The Kier molecular flexibility index (Phi) is 5.65. The van der Waals surface area contributed by atoms with Crippen molar-refractivity contribution in [1.82, 2.24) is 0 Å². The summed E-state index contributed by atoms with van der Waals surface area (Å²) >= 11 is 6.87. The van der Waals surface area contributed by atoms with Crippen molar-refractivity contribution in [3.8, 4) is 0 Å². The van der Waals surface area contributed by atoms with Crippen LogP contribution in [0.4, 0.5) is 5.69 Å². The van der Waals surface area contributed by atoms with Crippen molar-refractivity contribution >= 4 is 34.7 Å². The van der Waals surface area contributed by atoms with Crippen molar-refractivity contribution < 1.29 is 0 Å². The second-order valence-electron chi connectivity index (χ2n) is 4.98. The second kappa shape index (κ2) is 7.48. The number of thiocarbonyl (C=S) groups is 1. The molecule has 0 amide bonds. The van der Waals surface area contributed by atoms with E-state index in [2.05, 4.69) is 36.5 Å². The SMILES string of the molecule is CSc1cccc(NC(C)Cc2ccccc2)c1C(N)=S. The third-order valence-electron chi connectivity index (χ3n) is 3.28. The van der Waals surface area contributed by atoms with Crippen molar-refractivity contribution in [3.05, 3.63) is 59.7 Å². The first kappa shape index (κ1) is 15.9. The lowest BCUT2D eigenvalue weighted by atomic mass is 10.1. The van der Waals surface area contributed by atoms with Crippen LogP contribution in [0.1, 0.15) is 18.1 Å². The highest BCUT2D eigenvalue weighted by Gasteiger charge is 2.12. The van der Waals surface area contributed by atoms with Crippen LogP contribution in [0.25, 0.3) is 0 Å². The van der Waals surface area contributed by atoms with Crippen LogP contribution in [0.3, 0.4) is 0 Å². The molecule has 0 heterocycles. The molecule has 2 aromatic carbocycles. The van der Waals surface area contributed by atoms with Crippen LogP contribution in [0, 0.1) is 0 Å². The number of hydrogen-bond acceptors (Lipinski definition) is 3. The minimum atomic E-state index is 0.303. The van der Waals surface area contributed by atoms with E-state index in [1.165, 1.54) is 5.56 Å². The van der Waals surface area contributed by atoms with Gasteiger partial charge in [-0.2, -0.15) is 0 Å². The molecule has 3 N–H and O–H groups in total. The van der Waals surface area contributed by atoms with Gasteiger partial charge in [0.2, 0.25) is 0 Å². The van der Waals surface area contributed by atoms with Crippen LogP contribution >= 0.6 is 24.0 Å². The van der Waals surface area contributed by atoms with Gasteiger partial charge in [0.15, 0.2) is 0 Å². The van der Waals surface area contributed by atoms with Gasteiger partial charge < -0.3 is 11.1 Å². The summed E-state index contributed by atoms with van der Waals surface area (Å²) in [6, 6.07) is 16.9. The Morgan fingerprint density at radius 3 is 2.52 bits per heavy atom. The minimum absolute atomic E-state index is 0.303. The molecule has 21 heavy (non-hydrogen) atoms. The molecule has 1 unspecified atom stereocenters. The fourth-order valence-electron chi connectivity index (χ4n) is 2.36. The first-order valence-electron chi connectivity index (χ1n) is 6.89. The summed E-state index contributed by atoms with van der Waals surface area (Å²) in [7, 11) is 0. The summed E-state index contributed by atoms with van der Waals surface area (Å²) in [5.41, 5.74) is 9.17. The third kappa shape index (κ3) is 4.22. The molecule has 110 valence electrons. The number of thioether (sulfide) groups is 1. The molecule has 0 saturated carbocycles. The van der Waals surface area contributed by atoms with Gasteiger partial charge in [-0.3, -0.25) is 0 Å². The van der Waals surface area contributed by atoms with Crippen LogP contribution in [0.2, 0.25) is 0 Å². The van der Waals surface area contributed by atoms with Crippen molar-refractivity contribution in [2.75, 3.05) is 11.6 Å². The van der Waals surface area contributed by atoms with Gasteiger partial charge in [0.25, 0.3) is 0 Å². The van der Waals surface area contributed by atoms with E-state index >= 15 is 0 Å². The maximum Gasteiger partial charge on any atom is 0.107 e. The Morgan fingerprint density at radius 2 is 1.90 bits per heavy atom. The van der Waals surface area contributed by atoms with Crippen molar-refractivity contribution in [2.24, 2.45) is 5.73 Å². The molecule has 0 radical (unpaired) electrons. The normalized spacial score (nSPS) is 11.9. The second-order valence-corrected chi connectivity index (χ2v) is 6.27. The maximum absolute atomic E-state index is 5.90. The van der Waals surface area contributed by atoms with E-state index in [9.17, 15) is 0 Å². The molecule has 0 saturated heterocycles. The Hall–Kier alpha value is -1.52. The average molecular weight is 316 g/mol. The molecule has 0 bridgehead atoms. The lowest BCUT2D eigenvalue weighted by Crippen LogP contribution is -2.21. The lowest BCUT2D eigenvalue weighted by Gasteiger charge is -2.19. The predicted molar refractivity (Wildman–Crippen MR) is 97.3 cm³/mol. The van der Waals surface area contributed by atoms with Crippen LogP contribution in [-0.2, 0) is 6.42 Å². The molecule has 0 spiro atoms. The summed E-state index contributed by atoms with van der Waals surface area (Å²) in [6.07, 6.45) is 3.00. The molecule has 0 aliphatic carbocycles. The van der Waals surface area contributed by atoms with Gasteiger partial charge in [-0.1, -0.05) is 48.6 Å². The van der Waals surface area contributed by atoms with Crippen molar-refractivity contribution in [1.29, 1.82) is 0 Å². The molecule has 0 aliphatic heterocycles. The fourth-order valence-corrected chi connectivity index (χ4v) is 3.28. The number of hydrogen-bond donors (Lipinski definition) is 2.